The molecule has 1 unspecified atom stereocenters. The van der Waals surface area contributed by atoms with Crippen LogP contribution >= 0.6 is 11.6 Å². The Morgan fingerprint density at radius 3 is 2.62 bits per heavy atom. The minimum absolute atomic E-state index is 0.332. The largest absolute Gasteiger partial charge is 0.455 e. The van der Waals surface area contributed by atoms with Gasteiger partial charge >= 0.3 is 0 Å². The van der Waals surface area contributed by atoms with Crippen LogP contribution in [-0.4, -0.2) is 0 Å². The lowest BCUT2D eigenvalue weighted by molar-refractivity contribution is 0.450. The second-order valence-electron chi connectivity index (χ2n) is 4.02. The molecule has 0 aromatic heterocycles. The van der Waals surface area contributed by atoms with Gasteiger partial charge in [-0.1, -0.05) is 48.9 Å². The third-order valence-electron chi connectivity index (χ3n) is 3.06. The van der Waals surface area contributed by atoms with Gasteiger partial charge in [0.2, 0.25) is 0 Å². The molecule has 3 rings (SSSR count). The van der Waals surface area contributed by atoms with E-state index in [0.29, 0.717) is 10.9 Å². The van der Waals surface area contributed by atoms with Crippen molar-refractivity contribution in [3.8, 4) is 11.5 Å². The van der Waals surface area contributed by atoms with E-state index in [-0.39, 0.29) is 0 Å². The minimum Gasteiger partial charge on any atom is -0.455 e. The Morgan fingerprint density at radius 1 is 1.00 bits per heavy atom. The van der Waals surface area contributed by atoms with Crippen molar-refractivity contribution in [1.82, 2.24) is 0 Å². The molecular formula is C14H11ClO. The Morgan fingerprint density at radius 2 is 1.75 bits per heavy atom. The number of hydrogen-bond donors (Lipinski definition) is 0. The van der Waals surface area contributed by atoms with Gasteiger partial charge < -0.3 is 4.74 Å². The Bertz CT molecular complexity index is 548. The van der Waals surface area contributed by atoms with Crippen LogP contribution in [0.3, 0.4) is 0 Å². The molecule has 0 aliphatic carbocycles. The van der Waals surface area contributed by atoms with Gasteiger partial charge in [0.15, 0.2) is 0 Å². The zero-order valence-corrected chi connectivity index (χ0v) is 9.66. The summed E-state index contributed by atoms with van der Waals surface area (Å²) < 4.78 is 5.85. The third-order valence-corrected chi connectivity index (χ3v) is 3.36. The van der Waals surface area contributed by atoms with Gasteiger partial charge in [-0.05, 0) is 12.1 Å². The Kier molecular flexibility index (Phi) is 2.15. The summed E-state index contributed by atoms with van der Waals surface area (Å²) in [5.74, 6) is 2.05. The van der Waals surface area contributed by atoms with Gasteiger partial charge in [0.1, 0.15) is 11.5 Å². The average molecular weight is 231 g/mol. The molecule has 0 spiro atoms. The zero-order valence-electron chi connectivity index (χ0n) is 8.91. The maximum atomic E-state index is 6.15. The molecule has 2 aromatic carbocycles. The molecule has 16 heavy (non-hydrogen) atoms. The molecule has 1 aliphatic rings. The molecule has 0 radical (unpaired) electrons. The van der Waals surface area contributed by atoms with E-state index in [4.69, 9.17) is 16.3 Å². The fourth-order valence-corrected chi connectivity index (χ4v) is 2.40. The van der Waals surface area contributed by atoms with Crippen LogP contribution in [-0.2, 0) is 0 Å². The number of benzene rings is 2. The van der Waals surface area contributed by atoms with E-state index in [9.17, 15) is 0 Å². The summed E-state index contributed by atoms with van der Waals surface area (Å²) in [6.07, 6.45) is 0. The van der Waals surface area contributed by atoms with Crippen LogP contribution in [0.5, 0.6) is 11.5 Å². The quantitative estimate of drug-likeness (QED) is 0.643. The normalized spacial score (nSPS) is 17.2. The molecule has 0 amide bonds. The number of fused-ring (bicyclic) bond motifs is 2. The van der Waals surface area contributed by atoms with Crippen LogP contribution in [0, 0.1) is 0 Å². The lowest BCUT2D eigenvalue weighted by Gasteiger charge is -2.26. The molecule has 80 valence electrons. The van der Waals surface area contributed by atoms with E-state index in [1.807, 2.05) is 30.3 Å². The highest BCUT2D eigenvalue weighted by Gasteiger charge is 2.24. The third kappa shape index (κ3) is 1.32. The molecule has 0 bridgehead atoms. The highest BCUT2D eigenvalue weighted by Crippen LogP contribution is 2.46. The molecule has 1 atom stereocenters. The lowest BCUT2D eigenvalue weighted by atomic mass is 9.90. The zero-order chi connectivity index (χ0) is 11.1. The number of para-hydroxylation sites is 2. The van der Waals surface area contributed by atoms with Crippen molar-refractivity contribution in [1.29, 1.82) is 0 Å². The molecule has 1 nitrogen and oxygen atoms in total. The van der Waals surface area contributed by atoms with E-state index in [1.54, 1.807) is 0 Å². The summed E-state index contributed by atoms with van der Waals surface area (Å²) in [5, 5.41) is 0.679. The van der Waals surface area contributed by atoms with E-state index in [1.165, 1.54) is 5.56 Å². The van der Waals surface area contributed by atoms with Gasteiger partial charge in [-0.2, -0.15) is 0 Å². The number of ether oxygens (including phenoxy) is 1. The maximum absolute atomic E-state index is 6.15. The molecule has 1 heterocycles. The molecule has 0 saturated carbocycles. The van der Waals surface area contributed by atoms with Gasteiger partial charge in [0.05, 0.1) is 5.02 Å². The molecule has 0 fully saturated rings. The molecule has 2 heteroatoms. The summed E-state index contributed by atoms with van der Waals surface area (Å²) in [5.41, 5.74) is 2.38. The molecule has 2 aromatic rings. The summed E-state index contributed by atoms with van der Waals surface area (Å²) in [7, 11) is 0. The van der Waals surface area contributed by atoms with E-state index in [2.05, 4.69) is 19.1 Å². The SMILES string of the molecule is CC1c2ccccc2Oc2c(Cl)cccc21. The summed E-state index contributed by atoms with van der Waals surface area (Å²) in [4.78, 5) is 0. The molecule has 0 N–H and O–H groups in total. The minimum atomic E-state index is 0.332. The van der Waals surface area contributed by atoms with Crippen LogP contribution in [0.25, 0.3) is 0 Å². The summed E-state index contributed by atoms with van der Waals surface area (Å²) in [6.45, 7) is 2.18. The predicted octanol–water partition coefficient (Wildman–Crippen LogP) is 4.60. The van der Waals surface area contributed by atoms with Crippen molar-refractivity contribution >= 4 is 11.6 Å². The molecule has 0 saturated heterocycles. The topological polar surface area (TPSA) is 9.23 Å². The van der Waals surface area contributed by atoms with E-state index >= 15 is 0 Å². The van der Waals surface area contributed by atoms with Crippen molar-refractivity contribution in [2.75, 3.05) is 0 Å². The first-order valence-corrected chi connectivity index (χ1v) is 5.70. The monoisotopic (exact) mass is 230 g/mol. The fourth-order valence-electron chi connectivity index (χ4n) is 2.18. The van der Waals surface area contributed by atoms with E-state index in [0.717, 1.165) is 17.1 Å². The average Bonchev–Trinajstić information content (AvgIpc) is 2.31. The molecular weight excluding hydrogens is 220 g/mol. The highest BCUT2D eigenvalue weighted by molar-refractivity contribution is 6.32. The molecule has 1 aliphatic heterocycles. The summed E-state index contributed by atoms with van der Waals surface area (Å²) >= 11 is 6.15. The van der Waals surface area contributed by atoms with Crippen molar-refractivity contribution in [3.05, 3.63) is 58.6 Å². The first-order chi connectivity index (χ1) is 7.77. The van der Waals surface area contributed by atoms with Gasteiger partial charge in [0.25, 0.3) is 0 Å². The van der Waals surface area contributed by atoms with Crippen molar-refractivity contribution < 1.29 is 4.74 Å². The van der Waals surface area contributed by atoms with Crippen LogP contribution in [0.4, 0.5) is 0 Å². The van der Waals surface area contributed by atoms with Gasteiger partial charge in [0, 0.05) is 17.0 Å². The van der Waals surface area contributed by atoms with Gasteiger partial charge in [-0.25, -0.2) is 0 Å². The van der Waals surface area contributed by atoms with Crippen LogP contribution in [0.2, 0.25) is 5.02 Å². The van der Waals surface area contributed by atoms with Gasteiger partial charge in [-0.15, -0.1) is 0 Å². The van der Waals surface area contributed by atoms with Crippen molar-refractivity contribution in [3.63, 3.8) is 0 Å². The highest BCUT2D eigenvalue weighted by atomic mass is 35.5. The summed E-state index contributed by atoms with van der Waals surface area (Å²) in [6, 6.07) is 14.0. The second-order valence-corrected chi connectivity index (χ2v) is 4.43. The predicted molar refractivity (Wildman–Crippen MR) is 65.5 cm³/mol. The fraction of sp³-hybridized carbons (Fsp3) is 0.143. The van der Waals surface area contributed by atoms with Crippen molar-refractivity contribution in [2.45, 2.75) is 12.8 Å². The Balaban J connectivity index is 2.22. The first kappa shape index (κ1) is 9.73. The smallest absolute Gasteiger partial charge is 0.149 e. The standard InChI is InChI=1S/C14H11ClO/c1-9-10-5-2-3-8-13(10)16-14-11(9)6-4-7-12(14)15/h2-9H,1H3. The first-order valence-electron chi connectivity index (χ1n) is 5.32. The lowest BCUT2D eigenvalue weighted by Crippen LogP contribution is -2.07. The Labute approximate surface area is 99.6 Å². The maximum Gasteiger partial charge on any atom is 0.149 e. The number of hydrogen-bond acceptors (Lipinski definition) is 1. The van der Waals surface area contributed by atoms with Crippen LogP contribution in [0.1, 0.15) is 24.0 Å². The van der Waals surface area contributed by atoms with E-state index < -0.39 is 0 Å². The van der Waals surface area contributed by atoms with Crippen molar-refractivity contribution in [2.24, 2.45) is 0 Å². The number of rotatable bonds is 0. The van der Waals surface area contributed by atoms with Crippen LogP contribution in [0.15, 0.2) is 42.5 Å². The van der Waals surface area contributed by atoms with Gasteiger partial charge in [-0.3, -0.25) is 0 Å². The van der Waals surface area contributed by atoms with Crippen LogP contribution < -0.4 is 4.74 Å². The second kappa shape index (κ2) is 3.53. The number of halogens is 1. The Hall–Kier alpha value is -1.47.